The van der Waals surface area contributed by atoms with Crippen molar-refractivity contribution in [3.8, 4) is 0 Å². The molecular weight excluding hydrogens is 1700 g/mol. The number of hydrogen-bond donors (Lipinski definition) is 10. The Balaban J connectivity index is 0.758. The van der Waals surface area contributed by atoms with Crippen LogP contribution in [0.15, 0.2) is 212 Å². The van der Waals surface area contributed by atoms with Crippen LogP contribution < -0.4 is 10.4 Å². The monoisotopic (exact) mass is 1800 g/mol. The van der Waals surface area contributed by atoms with Gasteiger partial charge in [0.25, 0.3) is 8.32 Å². The number of rotatable bonds is 34. The highest BCUT2D eigenvalue weighted by Gasteiger charge is 2.58. The molecule has 37 heteroatoms. The maximum absolute atomic E-state index is 14.0. The van der Waals surface area contributed by atoms with Crippen LogP contribution in [0.2, 0.25) is 5.04 Å². The van der Waals surface area contributed by atoms with E-state index in [-0.39, 0.29) is 34.4 Å². The van der Waals surface area contributed by atoms with Crippen LogP contribution in [0, 0.1) is 0 Å². The average molecular weight is 1810 g/mol. The van der Waals surface area contributed by atoms with Gasteiger partial charge in [-0.3, -0.25) is 0 Å². The fourth-order valence-corrected chi connectivity index (χ4v) is 20.8. The summed E-state index contributed by atoms with van der Waals surface area (Å²) in [6.07, 6.45) is -52.9. The van der Waals surface area contributed by atoms with E-state index in [1.807, 2.05) is 81.4 Å². The van der Waals surface area contributed by atoms with Crippen molar-refractivity contribution in [2.24, 2.45) is 0 Å². The van der Waals surface area contributed by atoms with E-state index in [2.05, 4.69) is 0 Å². The van der Waals surface area contributed by atoms with Crippen LogP contribution in [-0.4, -0.2) is 342 Å². The molecule has 0 aromatic heterocycles. The molecule has 0 saturated carbocycles. The fraction of sp³-hybridized carbons (Fsp3) is 0.484. The quantitative estimate of drug-likeness (QED) is 0.0155. The molecule has 128 heavy (non-hydrogen) atoms. The fourth-order valence-electron chi connectivity index (χ4n) is 16.3. The Morgan fingerprint density at radius 1 is 0.258 bits per heavy atom. The molecule has 10 N–H and O–H groups in total. The van der Waals surface area contributed by atoms with E-state index < -0.39 is 260 Å². The molecule has 7 aromatic carbocycles. The lowest BCUT2D eigenvalue weighted by atomic mass is 9.97. The molecule has 0 radical (unpaired) electrons. The van der Waals surface area contributed by atoms with Crippen LogP contribution in [0.25, 0.3) is 0 Å². The molecule has 6 heterocycles. The lowest BCUT2D eigenvalue weighted by Crippen LogP contribution is -2.68. The summed E-state index contributed by atoms with van der Waals surface area (Å²) in [4.78, 5) is 69.7. The molecule has 7 aromatic rings. The third kappa shape index (κ3) is 22.1. The molecule has 6 fully saturated rings. The number of carbonyl (C=O) groups excluding carboxylic acids is 5. The molecule has 0 bridgehead atoms. The molecule has 30 atom stereocenters. The Labute approximate surface area is 737 Å². The summed E-state index contributed by atoms with van der Waals surface area (Å²) in [6.45, 7) is 1.72. The van der Waals surface area contributed by atoms with E-state index in [0.717, 1.165) is 10.4 Å². The Morgan fingerprint density at radius 2 is 0.469 bits per heavy atom. The number of benzene rings is 7. The molecule has 13 rings (SSSR count). The first-order valence-electron chi connectivity index (χ1n) is 41.6. The standard InChI is InChI=1S/C91H108O36Si/c1-91(2,3)128(54-39-25-13-26-40-54,55-41-27-14-28-42-55)116-48-60-66(96)71(101)77(127-84(106)53-37-23-12-24-38-53)89(121-60)114-46-58-64(94)69(99)75(125-82(104)51-33-19-10-20-34-51)87(119-58)112-44-56-62(92)67(97)73(123-80(102)49-29-15-8-16-30-49)86(117-56)111-43-57-63(93)68(98)74(124-81(103)50-31-17-9-18-32-50)88(118-57)113-45-59-65(95)70(100)76(126-83(105)52-35-21-11-22-36-52)90(120-59)115-47-61-72(107-4)78(108-5)79(109-6)85(110-7)122-61/h8-42,56-79,85-90,92-101H,43-48H2,1-7H3/t56-,57-,58-,59-,60-,61-,62-,63-,64-,65-,66-,67+,68+,69+,70+,71+,72-,73+,74+,75+,76+,77+,78+,79-,85+,86+,87+,88+,89+,90+/m1/s1. The normalized spacial score (nSPS) is 33.4. The Morgan fingerprint density at radius 3 is 0.688 bits per heavy atom. The first kappa shape index (κ1) is 96.6. The zero-order valence-electron chi connectivity index (χ0n) is 70.9. The van der Waals surface area contributed by atoms with E-state index in [4.69, 9.17) is 99.2 Å². The van der Waals surface area contributed by atoms with E-state index in [1.165, 1.54) is 126 Å². The van der Waals surface area contributed by atoms with Crippen LogP contribution >= 0.6 is 0 Å². The molecule has 36 nitrogen and oxygen atoms in total. The van der Waals surface area contributed by atoms with E-state index in [0.29, 0.717) is 0 Å². The molecule has 0 unspecified atom stereocenters. The molecule has 6 saturated heterocycles. The average Bonchev–Trinajstić information content (AvgIpc) is 0.742. The van der Waals surface area contributed by atoms with E-state index >= 15 is 0 Å². The number of aliphatic hydroxyl groups is 10. The minimum atomic E-state index is -3.40. The van der Waals surface area contributed by atoms with Crippen molar-refractivity contribution in [3.63, 3.8) is 0 Å². The smallest absolute Gasteiger partial charge is 0.338 e. The van der Waals surface area contributed by atoms with Crippen molar-refractivity contribution in [3.05, 3.63) is 240 Å². The first-order chi connectivity index (χ1) is 61.7. The zero-order chi connectivity index (χ0) is 91.1. The molecular formula is C91H108O36Si. The van der Waals surface area contributed by atoms with Crippen LogP contribution in [0.4, 0.5) is 0 Å². The topological polar surface area (TPSA) is 481 Å². The largest absolute Gasteiger partial charge is 0.450 e. The lowest BCUT2D eigenvalue weighted by molar-refractivity contribution is -0.351. The minimum Gasteiger partial charge on any atom is -0.450 e. The predicted octanol–water partition coefficient (Wildman–Crippen LogP) is 1.42. The number of ether oxygens (including phenoxy) is 20. The van der Waals surface area contributed by atoms with Crippen molar-refractivity contribution >= 4 is 48.5 Å². The number of hydrogen-bond acceptors (Lipinski definition) is 36. The summed E-state index contributed by atoms with van der Waals surface area (Å²) in [5, 5.41) is 122. The molecule has 692 valence electrons. The number of aliphatic hydroxyl groups excluding tert-OH is 10. The van der Waals surface area contributed by atoms with Gasteiger partial charge in [0.2, 0.25) is 0 Å². The highest BCUT2D eigenvalue weighted by molar-refractivity contribution is 6.99. The van der Waals surface area contributed by atoms with Crippen molar-refractivity contribution in [1.82, 2.24) is 0 Å². The van der Waals surface area contributed by atoms with Crippen molar-refractivity contribution in [2.75, 3.05) is 68.1 Å². The molecule has 0 aliphatic carbocycles. The SMILES string of the molecule is CO[C@H]1O[C@H](CO[C@H]2O[C@H](CO[C@H]3O[C@H](CO[C@H]4O[C@H](CO[C@H]5O[C@H](CO[C@H]6O[C@H](CO[Si](c7ccccc7)(c7ccccc7)C(C)(C)C)[C@@H](O)[C@H](O)[C@@H]6OC(=O)c6ccccc6)[C@@H](O)[C@H](O)[C@@H]5OC(=O)c5ccccc5)[C@@H](O)[C@H](O)[C@@H]4OC(=O)c4ccccc4)[C@@H](O)[C@H](O)[C@@H]3OC(=O)c3ccccc3)[C@@H](O)[C@H](O)[C@@H]2OC(=O)c2ccccc2)[C@@H](OC)[C@H](OC)[C@H]1OC. The second-order valence-corrected chi connectivity index (χ2v) is 36.6. The van der Waals surface area contributed by atoms with Crippen LogP contribution in [0.3, 0.4) is 0 Å². The van der Waals surface area contributed by atoms with Gasteiger partial charge < -0.3 is 150 Å². The highest BCUT2D eigenvalue weighted by Crippen LogP contribution is 2.40. The van der Waals surface area contributed by atoms with Gasteiger partial charge in [-0.05, 0) is 76.1 Å². The second kappa shape index (κ2) is 44.3. The van der Waals surface area contributed by atoms with Gasteiger partial charge in [0.15, 0.2) is 68.3 Å². The Kier molecular flexibility index (Phi) is 33.5. The van der Waals surface area contributed by atoms with Gasteiger partial charge in [0, 0.05) is 28.4 Å². The number of methoxy groups -OCH3 is 4. The first-order valence-corrected chi connectivity index (χ1v) is 43.6. The lowest BCUT2D eigenvalue weighted by Gasteiger charge is -2.47. The molecule has 0 spiro atoms. The number of esters is 5. The maximum Gasteiger partial charge on any atom is 0.338 e. The van der Waals surface area contributed by atoms with Gasteiger partial charge in [-0.15, -0.1) is 0 Å². The van der Waals surface area contributed by atoms with Gasteiger partial charge in [-0.1, -0.05) is 172 Å². The van der Waals surface area contributed by atoms with Crippen molar-refractivity contribution in [1.29, 1.82) is 0 Å². The zero-order valence-corrected chi connectivity index (χ0v) is 71.9. The summed E-state index contributed by atoms with van der Waals surface area (Å²) in [5.41, 5.74) is -0.0327. The highest BCUT2D eigenvalue weighted by atomic mass is 28.4. The third-order valence-electron chi connectivity index (χ3n) is 23.1. The minimum absolute atomic E-state index is 0.0329. The van der Waals surface area contributed by atoms with Crippen molar-refractivity contribution in [2.45, 2.75) is 210 Å². The summed E-state index contributed by atoms with van der Waals surface area (Å²) in [6, 6.07) is 56.7. The second-order valence-electron chi connectivity index (χ2n) is 32.3. The summed E-state index contributed by atoms with van der Waals surface area (Å²) in [5.74, 6) is -5.11. The maximum atomic E-state index is 14.0. The Bertz CT molecular complexity index is 4600. The summed E-state index contributed by atoms with van der Waals surface area (Å²) < 4.78 is 129. The molecule has 0 amide bonds. The predicted molar refractivity (Wildman–Crippen MR) is 443 cm³/mol. The van der Waals surface area contributed by atoms with Gasteiger partial charge >= 0.3 is 29.8 Å². The van der Waals surface area contributed by atoms with Crippen LogP contribution in [0.5, 0.6) is 0 Å². The third-order valence-corrected chi connectivity index (χ3v) is 28.1. The summed E-state index contributed by atoms with van der Waals surface area (Å²) in [7, 11) is 2.21. The van der Waals surface area contributed by atoms with E-state index in [1.54, 1.807) is 54.6 Å². The molecule has 6 aliphatic heterocycles. The van der Waals surface area contributed by atoms with Crippen molar-refractivity contribution < 1.29 is 174 Å². The van der Waals surface area contributed by atoms with Gasteiger partial charge in [-0.25, -0.2) is 24.0 Å². The van der Waals surface area contributed by atoms with Gasteiger partial charge in [-0.2, -0.15) is 0 Å². The number of carbonyl (C=O) groups is 5. The summed E-state index contributed by atoms with van der Waals surface area (Å²) >= 11 is 0. The van der Waals surface area contributed by atoms with Gasteiger partial charge in [0.1, 0.15) is 116 Å². The van der Waals surface area contributed by atoms with Gasteiger partial charge in [0.05, 0.1) is 67.5 Å². The Hall–Kier alpha value is -8.93. The van der Waals surface area contributed by atoms with Crippen LogP contribution in [-0.2, 0) is 99.2 Å². The van der Waals surface area contributed by atoms with E-state index in [9.17, 15) is 75.0 Å². The molecule has 6 aliphatic rings. The van der Waals surface area contributed by atoms with Crippen LogP contribution in [0.1, 0.15) is 72.6 Å².